The molecule has 2 rings (SSSR count). The molecule has 2 aromatic carbocycles. The summed E-state index contributed by atoms with van der Waals surface area (Å²) in [5.74, 6) is 0.491. The van der Waals surface area contributed by atoms with Crippen molar-refractivity contribution in [3.63, 3.8) is 0 Å². The summed E-state index contributed by atoms with van der Waals surface area (Å²) >= 11 is 0. The molecular formula is C21H30IN3O2S. The number of anilines is 1. The van der Waals surface area contributed by atoms with Gasteiger partial charge in [-0.1, -0.05) is 62.4 Å². The first-order valence-corrected chi connectivity index (χ1v) is 11.2. The maximum atomic E-state index is 12.2. The Morgan fingerprint density at radius 2 is 1.61 bits per heavy atom. The molecule has 0 aromatic heterocycles. The molecule has 0 saturated heterocycles. The maximum Gasteiger partial charge on any atom is 0.193 e. The monoisotopic (exact) mass is 515 g/mol. The highest BCUT2D eigenvalue weighted by atomic mass is 127. The fourth-order valence-corrected chi connectivity index (χ4v) is 4.37. The number of guanidine groups is 1. The second-order valence-corrected chi connectivity index (χ2v) is 8.67. The Morgan fingerprint density at radius 1 is 1.00 bits per heavy atom. The maximum absolute atomic E-state index is 12.2. The van der Waals surface area contributed by atoms with Crippen molar-refractivity contribution in [1.82, 2.24) is 0 Å². The molecule has 3 N–H and O–H groups in total. The first-order chi connectivity index (χ1) is 12.9. The zero-order valence-electron chi connectivity index (χ0n) is 16.5. The van der Waals surface area contributed by atoms with Crippen molar-refractivity contribution in [1.29, 1.82) is 0 Å². The number of nitrogens with two attached hydrogens (primary N) is 1. The van der Waals surface area contributed by atoms with Crippen LogP contribution in [0, 0.1) is 0 Å². The lowest BCUT2D eigenvalue weighted by molar-refractivity contribution is 0.593. The Hall–Kier alpha value is -1.61. The molecule has 0 unspecified atom stereocenters. The van der Waals surface area contributed by atoms with Crippen molar-refractivity contribution >= 4 is 45.5 Å². The molecule has 2 aromatic rings. The predicted octanol–water partition coefficient (Wildman–Crippen LogP) is 4.16. The van der Waals surface area contributed by atoms with E-state index in [0.717, 1.165) is 24.1 Å². The van der Waals surface area contributed by atoms with Crippen LogP contribution in [0.4, 0.5) is 5.69 Å². The van der Waals surface area contributed by atoms with E-state index in [2.05, 4.69) is 36.3 Å². The van der Waals surface area contributed by atoms with Crippen molar-refractivity contribution in [3.05, 3.63) is 65.2 Å². The van der Waals surface area contributed by atoms with Crippen molar-refractivity contribution in [2.75, 3.05) is 17.6 Å². The van der Waals surface area contributed by atoms with Crippen molar-refractivity contribution in [3.8, 4) is 0 Å². The summed E-state index contributed by atoms with van der Waals surface area (Å²) in [7, 11) is -3.14. The number of sulfone groups is 1. The number of halogens is 1. The smallest absolute Gasteiger partial charge is 0.193 e. The molecule has 0 heterocycles. The fourth-order valence-electron chi connectivity index (χ4n) is 2.96. The molecule has 0 amide bonds. The molecule has 0 atom stereocenters. The van der Waals surface area contributed by atoms with E-state index < -0.39 is 9.84 Å². The Labute approximate surface area is 185 Å². The lowest BCUT2D eigenvalue weighted by Gasteiger charge is -2.14. The van der Waals surface area contributed by atoms with Crippen molar-refractivity contribution in [2.24, 2.45) is 10.7 Å². The van der Waals surface area contributed by atoms with Gasteiger partial charge in [-0.25, -0.2) is 8.42 Å². The fraction of sp³-hybridized carbons (Fsp3) is 0.381. The van der Waals surface area contributed by atoms with E-state index >= 15 is 0 Å². The number of para-hydroxylation sites is 1. The van der Waals surface area contributed by atoms with Gasteiger partial charge in [0.05, 0.1) is 11.5 Å². The van der Waals surface area contributed by atoms with E-state index in [1.54, 1.807) is 0 Å². The zero-order chi connectivity index (χ0) is 19.7. The minimum Gasteiger partial charge on any atom is -0.370 e. The van der Waals surface area contributed by atoms with Crippen LogP contribution in [0.3, 0.4) is 0 Å². The van der Waals surface area contributed by atoms with E-state index in [-0.39, 0.29) is 35.5 Å². The number of nitrogens with one attached hydrogen (secondary N) is 1. The molecule has 0 bridgehead atoms. The van der Waals surface area contributed by atoms with Crippen LogP contribution >= 0.6 is 24.0 Å². The average molecular weight is 515 g/mol. The highest BCUT2D eigenvalue weighted by Crippen LogP contribution is 2.22. The van der Waals surface area contributed by atoms with Crippen molar-refractivity contribution < 1.29 is 8.42 Å². The van der Waals surface area contributed by atoms with E-state index in [0.29, 0.717) is 18.9 Å². The van der Waals surface area contributed by atoms with Crippen LogP contribution in [0.2, 0.25) is 0 Å². The Bertz CT molecular complexity index is 846. The highest BCUT2D eigenvalue weighted by Gasteiger charge is 2.11. The molecule has 28 heavy (non-hydrogen) atoms. The van der Waals surface area contributed by atoms with Gasteiger partial charge in [0.25, 0.3) is 0 Å². The summed E-state index contributed by atoms with van der Waals surface area (Å²) < 4.78 is 24.4. The quantitative estimate of drug-likeness (QED) is 0.227. The second kappa shape index (κ2) is 12.1. The van der Waals surface area contributed by atoms with Crippen LogP contribution in [0.15, 0.2) is 53.5 Å². The van der Waals surface area contributed by atoms with Crippen LogP contribution < -0.4 is 11.1 Å². The molecule has 0 radical (unpaired) electrons. The minimum atomic E-state index is -3.14. The number of aryl methyl sites for hydroxylation is 2. The molecule has 0 fully saturated rings. The van der Waals surface area contributed by atoms with Gasteiger partial charge in [0, 0.05) is 12.2 Å². The van der Waals surface area contributed by atoms with E-state index in [4.69, 9.17) is 5.73 Å². The highest BCUT2D eigenvalue weighted by molar-refractivity contribution is 14.0. The number of benzene rings is 2. The van der Waals surface area contributed by atoms with Gasteiger partial charge in [0.1, 0.15) is 0 Å². The Morgan fingerprint density at radius 3 is 2.18 bits per heavy atom. The lowest BCUT2D eigenvalue weighted by Crippen LogP contribution is -2.24. The van der Waals surface area contributed by atoms with Gasteiger partial charge < -0.3 is 11.1 Å². The van der Waals surface area contributed by atoms with E-state index in [1.165, 1.54) is 11.1 Å². The summed E-state index contributed by atoms with van der Waals surface area (Å²) in [6, 6.07) is 15.4. The molecule has 0 aliphatic rings. The standard InChI is InChI=1S/C21H29N3O2S.HI/c1-3-18-12-8-13-19(4-2)20(18)24-21(22)23-14-9-15-27(25,26)16-17-10-6-5-7-11-17;/h5-8,10-13H,3-4,9,14-16H2,1-2H3,(H3,22,23,24);1H. The Kier molecular flexibility index (Phi) is 10.5. The summed E-state index contributed by atoms with van der Waals surface area (Å²) in [6.45, 7) is 4.58. The number of hydrogen-bond acceptors (Lipinski definition) is 3. The lowest BCUT2D eigenvalue weighted by atomic mass is 10.0. The molecule has 0 saturated carbocycles. The summed E-state index contributed by atoms with van der Waals surface area (Å²) in [5.41, 5.74) is 10.2. The Balaban J connectivity index is 0.00000392. The van der Waals surface area contributed by atoms with Gasteiger partial charge in [-0.3, -0.25) is 4.99 Å². The molecule has 154 valence electrons. The first-order valence-electron chi connectivity index (χ1n) is 9.37. The number of hydrogen-bond donors (Lipinski definition) is 2. The van der Waals surface area contributed by atoms with E-state index in [1.807, 2.05) is 36.4 Å². The largest absolute Gasteiger partial charge is 0.370 e. The van der Waals surface area contributed by atoms with Crippen LogP contribution in [-0.2, 0) is 28.4 Å². The van der Waals surface area contributed by atoms with Gasteiger partial charge in [-0.2, -0.15) is 0 Å². The molecule has 0 aliphatic heterocycles. The minimum absolute atomic E-state index is 0. The molecule has 5 nitrogen and oxygen atoms in total. The summed E-state index contributed by atoms with van der Waals surface area (Å²) in [4.78, 5) is 4.30. The van der Waals surface area contributed by atoms with Crippen LogP contribution in [0.25, 0.3) is 0 Å². The topological polar surface area (TPSA) is 84.5 Å². The van der Waals surface area contributed by atoms with Crippen LogP contribution in [-0.4, -0.2) is 26.7 Å². The van der Waals surface area contributed by atoms with Gasteiger partial charge in [0.2, 0.25) is 0 Å². The second-order valence-electron chi connectivity index (χ2n) is 6.48. The third-order valence-corrected chi connectivity index (χ3v) is 6.06. The number of nitrogens with zero attached hydrogens (tertiary/aromatic N) is 1. The van der Waals surface area contributed by atoms with E-state index in [9.17, 15) is 8.42 Å². The third kappa shape index (κ3) is 7.79. The molecule has 7 heteroatoms. The molecule has 0 spiro atoms. The van der Waals surface area contributed by atoms with Gasteiger partial charge in [-0.15, -0.1) is 24.0 Å². The summed E-state index contributed by atoms with van der Waals surface area (Å²) in [5, 5.41) is 3.20. The van der Waals surface area contributed by atoms with Crippen molar-refractivity contribution in [2.45, 2.75) is 38.9 Å². The predicted molar refractivity (Wildman–Crippen MR) is 129 cm³/mol. The normalized spacial score (nSPS) is 11.7. The average Bonchev–Trinajstić information content (AvgIpc) is 2.66. The van der Waals surface area contributed by atoms with Gasteiger partial charge >= 0.3 is 0 Å². The van der Waals surface area contributed by atoms with Gasteiger partial charge in [0.15, 0.2) is 15.8 Å². The van der Waals surface area contributed by atoms with Crippen LogP contribution in [0.1, 0.15) is 37.0 Å². The van der Waals surface area contributed by atoms with Gasteiger partial charge in [-0.05, 0) is 36.0 Å². The first kappa shape index (κ1) is 24.4. The third-order valence-electron chi connectivity index (χ3n) is 4.38. The summed E-state index contributed by atoms with van der Waals surface area (Å²) in [6.07, 6.45) is 2.26. The molecule has 0 aliphatic carbocycles. The molecular weight excluding hydrogens is 485 g/mol. The van der Waals surface area contributed by atoms with Crippen LogP contribution in [0.5, 0.6) is 0 Å². The SMILES string of the molecule is CCc1cccc(CC)c1NC(N)=NCCCS(=O)(=O)Cc1ccccc1.I. The zero-order valence-corrected chi connectivity index (χ0v) is 19.7. The number of aliphatic imine (C=N–C) groups is 1. The number of rotatable bonds is 9.